The first-order chi connectivity index (χ1) is 9.06. The first-order valence-corrected chi connectivity index (χ1v) is 5.72. The molecule has 2 N–H and O–H groups in total. The number of hydrogen-bond acceptors (Lipinski definition) is 4. The molecule has 1 heterocycles. The maximum Gasteiger partial charge on any atom is 0.258 e. The summed E-state index contributed by atoms with van der Waals surface area (Å²) in [6.07, 6.45) is 0.376. The molecule has 0 radical (unpaired) electrons. The quantitative estimate of drug-likeness (QED) is 0.887. The molecular formula is C13H13FN2O3. The van der Waals surface area contributed by atoms with Gasteiger partial charge in [-0.1, -0.05) is 6.92 Å². The minimum absolute atomic E-state index is 0.0409. The molecule has 0 aliphatic heterocycles. The van der Waals surface area contributed by atoms with Gasteiger partial charge in [0.2, 0.25) is 5.88 Å². The highest BCUT2D eigenvalue weighted by atomic mass is 19.1. The first kappa shape index (κ1) is 13.1. The van der Waals surface area contributed by atoms with Crippen LogP contribution < -0.4 is 10.3 Å². The van der Waals surface area contributed by atoms with Crippen molar-refractivity contribution < 1.29 is 14.2 Å². The topological polar surface area (TPSA) is 75.2 Å². The number of halogens is 1. The minimum Gasteiger partial charge on any atom is -0.494 e. The molecule has 0 atom stereocenters. The summed E-state index contributed by atoms with van der Waals surface area (Å²) >= 11 is 0. The van der Waals surface area contributed by atoms with E-state index in [9.17, 15) is 14.3 Å². The van der Waals surface area contributed by atoms with Gasteiger partial charge in [0.1, 0.15) is 5.82 Å². The third kappa shape index (κ3) is 2.42. The molecule has 0 aliphatic carbocycles. The Hall–Kier alpha value is -2.37. The van der Waals surface area contributed by atoms with E-state index in [2.05, 4.69) is 9.97 Å². The number of ether oxygens (including phenoxy) is 1. The van der Waals surface area contributed by atoms with Gasteiger partial charge in [0, 0.05) is 5.56 Å². The van der Waals surface area contributed by atoms with Crippen LogP contribution in [-0.2, 0) is 6.42 Å². The lowest BCUT2D eigenvalue weighted by molar-refractivity contribution is 0.386. The molecule has 0 saturated carbocycles. The van der Waals surface area contributed by atoms with Gasteiger partial charge >= 0.3 is 0 Å². The molecular weight excluding hydrogens is 251 g/mol. The van der Waals surface area contributed by atoms with Gasteiger partial charge in [-0.25, -0.2) is 4.39 Å². The van der Waals surface area contributed by atoms with Crippen LogP contribution in [0.25, 0.3) is 11.4 Å². The van der Waals surface area contributed by atoms with Crippen molar-refractivity contribution in [2.45, 2.75) is 13.3 Å². The molecule has 2 rings (SSSR count). The van der Waals surface area contributed by atoms with Crippen molar-refractivity contribution in [2.24, 2.45) is 0 Å². The second kappa shape index (κ2) is 5.09. The fraction of sp³-hybridized carbons (Fsp3) is 0.231. The Morgan fingerprint density at radius 1 is 1.47 bits per heavy atom. The summed E-state index contributed by atoms with van der Waals surface area (Å²) in [4.78, 5) is 18.2. The number of H-pyrrole nitrogens is 1. The largest absolute Gasteiger partial charge is 0.494 e. The summed E-state index contributed by atoms with van der Waals surface area (Å²) in [6, 6.07) is 4.05. The van der Waals surface area contributed by atoms with Crippen molar-refractivity contribution in [3.8, 4) is 23.0 Å². The summed E-state index contributed by atoms with van der Waals surface area (Å²) < 4.78 is 18.2. The third-order valence-electron chi connectivity index (χ3n) is 2.77. The maximum absolute atomic E-state index is 13.3. The average Bonchev–Trinajstić information content (AvgIpc) is 2.39. The highest BCUT2D eigenvalue weighted by Crippen LogP contribution is 2.24. The fourth-order valence-electron chi connectivity index (χ4n) is 1.75. The predicted molar refractivity (Wildman–Crippen MR) is 67.8 cm³/mol. The molecule has 1 aromatic carbocycles. The molecule has 6 heteroatoms. The van der Waals surface area contributed by atoms with Crippen LogP contribution in [0, 0.1) is 5.82 Å². The molecule has 100 valence electrons. The highest BCUT2D eigenvalue weighted by molar-refractivity contribution is 5.58. The molecule has 0 aliphatic rings. The molecule has 0 bridgehead atoms. The Morgan fingerprint density at radius 2 is 2.21 bits per heavy atom. The van der Waals surface area contributed by atoms with Gasteiger partial charge in [0.15, 0.2) is 11.6 Å². The van der Waals surface area contributed by atoms with Gasteiger partial charge in [-0.3, -0.25) is 4.79 Å². The standard InChI is InChI=1S/C13H13FN2O3/c1-3-8-12(17)15-11(16-13(8)18)7-4-5-9(14)10(6-7)19-2/h4-6H,3H2,1-2H3,(H2,15,16,17,18). The van der Waals surface area contributed by atoms with E-state index >= 15 is 0 Å². The zero-order valence-electron chi connectivity index (χ0n) is 10.5. The van der Waals surface area contributed by atoms with Crippen LogP contribution in [0.15, 0.2) is 23.0 Å². The normalized spacial score (nSPS) is 10.5. The van der Waals surface area contributed by atoms with E-state index in [1.165, 1.54) is 25.3 Å². The van der Waals surface area contributed by atoms with Crippen molar-refractivity contribution in [3.05, 3.63) is 39.9 Å². The maximum atomic E-state index is 13.3. The Morgan fingerprint density at radius 3 is 2.79 bits per heavy atom. The SMILES string of the molecule is CCc1c(O)nc(-c2ccc(F)c(OC)c2)[nH]c1=O. The third-order valence-corrected chi connectivity index (χ3v) is 2.77. The van der Waals surface area contributed by atoms with E-state index in [-0.39, 0.29) is 23.0 Å². The molecule has 0 fully saturated rings. The lowest BCUT2D eigenvalue weighted by Gasteiger charge is -2.07. The number of benzene rings is 1. The van der Waals surface area contributed by atoms with E-state index < -0.39 is 11.4 Å². The van der Waals surface area contributed by atoms with Crippen LogP contribution in [0.2, 0.25) is 0 Å². The number of hydrogen-bond donors (Lipinski definition) is 2. The van der Waals surface area contributed by atoms with Crippen LogP contribution in [0.1, 0.15) is 12.5 Å². The smallest absolute Gasteiger partial charge is 0.258 e. The van der Waals surface area contributed by atoms with E-state index in [0.29, 0.717) is 12.0 Å². The Balaban J connectivity index is 2.56. The number of aromatic hydroxyl groups is 1. The summed E-state index contributed by atoms with van der Waals surface area (Å²) in [5.41, 5.74) is 0.263. The van der Waals surface area contributed by atoms with E-state index in [4.69, 9.17) is 4.74 Å². The van der Waals surface area contributed by atoms with E-state index in [1.807, 2.05) is 0 Å². The van der Waals surface area contributed by atoms with Gasteiger partial charge in [-0.15, -0.1) is 0 Å². The van der Waals surface area contributed by atoms with Crippen LogP contribution in [0.3, 0.4) is 0 Å². The van der Waals surface area contributed by atoms with Crippen LogP contribution in [0.5, 0.6) is 11.6 Å². The zero-order valence-corrected chi connectivity index (χ0v) is 10.5. The minimum atomic E-state index is -0.511. The Labute approximate surface area is 108 Å². The van der Waals surface area contributed by atoms with Crippen molar-refractivity contribution in [1.29, 1.82) is 0 Å². The first-order valence-electron chi connectivity index (χ1n) is 5.72. The van der Waals surface area contributed by atoms with Crippen molar-refractivity contribution in [1.82, 2.24) is 9.97 Å². The lowest BCUT2D eigenvalue weighted by atomic mass is 10.2. The second-order valence-corrected chi connectivity index (χ2v) is 3.92. The number of rotatable bonds is 3. The van der Waals surface area contributed by atoms with Gasteiger partial charge in [-0.05, 0) is 24.6 Å². The monoisotopic (exact) mass is 264 g/mol. The molecule has 1 aromatic heterocycles. The van der Waals surface area contributed by atoms with Crippen LogP contribution >= 0.6 is 0 Å². The zero-order chi connectivity index (χ0) is 14.0. The second-order valence-electron chi connectivity index (χ2n) is 3.92. The van der Waals surface area contributed by atoms with Crippen LogP contribution in [-0.4, -0.2) is 22.2 Å². The Bertz CT molecular complexity index is 667. The van der Waals surface area contributed by atoms with Gasteiger partial charge in [-0.2, -0.15) is 4.98 Å². The summed E-state index contributed by atoms with van der Waals surface area (Å²) in [5, 5.41) is 9.68. The molecule has 5 nitrogen and oxygen atoms in total. The molecule has 0 spiro atoms. The van der Waals surface area contributed by atoms with Gasteiger partial charge in [0.25, 0.3) is 5.56 Å². The van der Waals surface area contributed by atoms with Crippen LogP contribution in [0.4, 0.5) is 4.39 Å². The van der Waals surface area contributed by atoms with E-state index in [0.717, 1.165) is 0 Å². The van der Waals surface area contributed by atoms with Crippen molar-refractivity contribution in [2.75, 3.05) is 7.11 Å². The fourth-order valence-corrected chi connectivity index (χ4v) is 1.75. The average molecular weight is 264 g/mol. The van der Waals surface area contributed by atoms with E-state index in [1.54, 1.807) is 6.92 Å². The molecule has 0 saturated heterocycles. The number of methoxy groups -OCH3 is 1. The molecule has 0 amide bonds. The molecule has 19 heavy (non-hydrogen) atoms. The predicted octanol–water partition coefficient (Wildman–Crippen LogP) is 1.85. The van der Waals surface area contributed by atoms with Crippen molar-refractivity contribution in [3.63, 3.8) is 0 Å². The summed E-state index contributed by atoms with van der Waals surface area (Å²) in [6.45, 7) is 1.74. The molecule has 2 aromatic rings. The number of aromatic nitrogens is 2. The van der Waals surface area contributed by atoms with Gasteiger partial charge < -0.3 is 14.8 Å². The highest BCUT2D eigenvalue weighted by Gasteiger charge is 2.12. The number of nitrogens with one attached hydrogen (secondary N) is 1. The summed E-state index contributed by atoms with van der Waals surface area (Å²) in [5.74, 6) is -0.621. The Kier molecular flexibility index (Phi) is 3.50. The molecule has 0 unspecified atom stereocenters. The van der Waals surface area contributed by atoms with Gasteiger partial charge in [0.05, 0.1) is 12.7 Å². The summed E-state index contributed by atoms with van der Waals surface area (Å²) in [7, 11) is 1.34. The number of aromatic amines is 1. The van der Waals surface area contributed by atoms with Crippen molar-refractivity contribution >= 4 is 0 Å². The lowest BCUT2D eigenvalue weighted by Crippen LogP contribution is -2.14. The number of nitrogens with zero attached hydrogens (tertiary/aromatic N) is 1.